The van der Waals surface area contributed by atoms with Gasteiger partial charge in [0.15, 0.2) is 0 Å². The number of carbonyl (C=O) groups is 1. The molecule has 1 amide bonds. The summed E-state index contributed by atoms with van der Waals surface area (Å²) in [6, 6.07) is 0. The van der Waals surface area contributed by atoms with Crippen molar-refractivity contribution >= 4 is 11.7 Å². The van der Waals surface area contributed by atoms with E-state index in [9.17, 15) is 4.79 Å². The second-order valence-corrected chi connectivity index (χ2v) is 3.56. The minimum Gasteiger partial charge on any atom is -0.373 e. The number of carbonyl (C=O) groups excluding carboxylic acids is 1. The molecule has 0 radical (unpaired) electrons. The highest BCUT2D eigenvalue weighted by Crippen LogP contribution is 2.17. The number of allylic oxidation sites excluding steroid dienone is 1. The van der Waals surface area contributed by atoms with E-state index in [-0.39, 0.29) is 5.91 Å². The van der Waals surface area contributed by atoms with Crippen molar-refractivity contribution in [1.29, 1.82) is 0 Å². The van der Waals surface area contributed by atoms with Crippen molar-refractivity contribution in [2.24, 2.45) is 4.99 Å². The number of hydrogen-bond acceptors (Lipinski definition) is 3. The van der Waals surface area contributed by atoms with Gasteiger partial charge in [-0.15, -0.1) is 0 Å². The maximum Gasteiger partial charge on any atom is 0.227 e. The quantitative estimate of drug-likeness (QED) is 0.671. The molecule has 0 aromatic carbocycles. The molecule has 76 valence electrons. The van der Waals surface area contributed by atoms with Crippen molar-refractivity contribution in [3.63, 3.8) is 0 Å². The van der Waals surface area contributed by atoms with E-state index in [1.54, 1.807) is 0 Å². The number of nitrogens with one attached hydrogen (secondary N) is 1. The number of hydrogen-bond donors (Lipinski definition) is 1. The van der Waals surface area contributed by atoms with Gasteiger partial charge in [-0.25, -0.2) is 4.99 Å². The number of amidine groups is 1. The van der Waals surface area contributed by atoms with Crippen LogP contribution in [0.1, 0.15) is 25.7 Å². The van der Waals surface area contributed by atoms with Crippen LogP contribution < -0.4 is 5.32 Å². The lowest BCUT2D eigenvalue weighted by molar-refractivity contribution is -0.124. The van der Waals surface area contributed by atoms with Crippen molar-refractivity contribution in [2.45, 2.75) is 25.7 Å². The van der Waals surface area contributed by atoms with Gasteiger partial charge >= 0.3 is 0 Å². The summed E-state index contributed by atoms with van der Waals surface area (Å²) in [5.41, 5.74) is 0. The van der Waals surface area contributed by atoms with Gasteiger partial charge in [-0.2, -0.15) is 0 Å². The second-order valence-electron chi connectivity index (χ2n) is 3.56. The van der Waals surface area contributed by atoms with Gasteiger partial charge in [-0.1, -0.05) is 0 Å². The van der Waals surface area contributed by atoms with Crippen LogP contribution in [0.3, 0.4) is 0 Å². The summed E-state index contributed by atoms with van der Waals surface area (Å²) in [6.07, 6.45) is 5.56. The Kier molecular flexibility index (Phi) is 2.52. The van der Waals surface area contributed by atoms with Crippen LogP contribution in [0.4, 0.5) is 0 Å². The van der Waals surface area contributed by atoms with Gasteiger partial charge in [0.1, 0.15) is 11.7 Å². The van der Waals surface area contributed by atoms with E-state index in [1.807, 2.05) is 11.9 Å². The van der Waals surface area contributed by atoms with Crippen LogP contribution in [0.5, 0.6) is 0 Å². The molecule has 2 aliphatic heterocycles. The SMILES string of the molecule is CNC1=CCCC(N2CCCC2=O)=N1. The highest BCUT2D eigenvalue weighted by atomic mass is 16.2. The van der Waals surface area contributed by atoms with E-state index in [1.165, 1.54) is 0 Å². The molecular formula is C10H15N3O. The zero-order valence-corrected chi connectivity index (χ0v) is 8.42. The summed E-state index contributed by atoms with van der Waals surface area (Å²) in [4.78, 5) is 17.7. The van der Waals surface area contributed by atoms with Crippen molar-refractivity contribution in [3.8, 4) is 0 Å². The highest BCUT2D eigenvalue weighted by molar-refractivity contribution is 6.00. The standard InChI is InChI=1S/C10H15N3O/c1-11-8-4-2-5-9(12-8)13-7-3-6-10(13)14/h4,11H,2-3,5-7H2,1H3. The van der Waals surface area contributed by atoms with E-state index >= 15 is 0 Å². The largest absolute Gasteiger partial charge is 0.373 e. The Morgan fingerprint density at radius 3 is 3.00 bits per heavy atom. The van der Waals surface area contributed by atoms with Gasteiger partial charge in [0, 0.05) is 26.4 Å². The second kappa shape index (κ2) is 3.82. The van der Waals surface area contributed by atoms with Crippen LogP contribution >= 0.6 is 0 Å². The predicted octanol–water partition coefficient (Wildman–Crippen LogP) is 0.862. The van der Waals surface area contributed by atoms with Gasteiger partial charge in [0.2, 0.25) is 5.91 Å². The Labute approximate surface area is 83.7 Å². The van der Waals surface area contributed by atoms with Crippen LogP contribution in [0.25, 0.3) is 0 Å². The fourth-order valence-electron chi connectivity index (χ4n) is 1.85. The Hall–Kier alpha value is -1.32. The lowest BCUT2D eigenvalue weighted by atomic mass is 10.2. The van der Waals surface area contributed by atoms with Crippen molar-refractivity contribution < 1.29 is 4.79 Å². The average Bonchev–Trinajstić information content (AvgIpc) is 2.65. The third kappa shape index (κ3) is 1.64. The molecule has 0 atom stereocenters. The summed E-state index contributed by atoms with van der Waals surface area (Å²) in [5, 5.41) is 3.01. The van der Waals surface area contributed by atoms with E-state index < -0.39 is 0 Å². The van der Waals surface area contributed by atoms with Gasteiger partial charge in [0.25, 0.3) is 0 Å². The predicted molar refractivity (Wildman–Crippen MR) is 54.8 cm³/mol. The normalized spacial score (nSPS) is 22.1. The van der Waals surface area contributed by atoms with Gasteiger partial charge < -0.3 is 10.2 Å². The molecule has 2 rings (SSSR count). The van der Waals surface area contributed by atoms with Crippen molar-refractivity contribution in [2.75, 3.05) is 13.6 Å². The molecule has 0 aromatic heterocycles. The number of nitrogens with zero attached hydrogens (tertiary/aromatic N) is 2. The van der Waals surface area contributed by atoms with Gasteiger partial charge in [-0.3, -0.25) is 4.79 Å². The van der Waals surface area contributed by atoms with Gasteiger partial charge in [-0.05, 0) is 18.9 Å². The number of amides is 1. The number of aliphatic imine (C=N–C) groups is 1. The van der Waals surface area contributed by atoms with Crippen molar-refractivity contribution in [3.05, 3.63) is 11.9 Å². The van der Waals surface area contributed by atoms with Crippen LogP contribution in [-0.4, -0.2) is 30.2 Å². The topological polar surface area (TPSA) is 44.7 Å². The minimum atomic E-state index is 0.223. The Balaban J connectivity index is 2.14. The monoisotopic (exact) mass is 193 g/mol. The molecule has 0 bridgehead atoms. The molecule has 0 saturated carbocycles. The maximum atomic E-state index is 11.5. The molecule has 0 aliphatic carbocycles. The Morgan fingerprint density at radius 2 is 2.36 bits per heavy atom. The first-order chi connectivity index (χ1) is 6.81. The smallest absolute Gasteiger partial charge is 0.227 e. The van der Waals surface area contributed by atoms with E-state index in [0.717, 1.165) is 37.5 Å². The first-order valence-corrected chi connectivity index (χ1v) is 5.07. The summed E-state index contributed by atoms with van der Waals surface area (Å²) in [6.45, 7) is 0.842. The zero-order chi connectivity index (χ0) is 9.97. The fourth-order valence-corrected chi connectivity index (χ4v) is 1.85. The fraction of sp³-hybridized carbons (Fsp3) is 0.600. The van der Waals surface area contributed by atoms with Crippen LogP contribution in [0.2, 0.25) is 0 Å². The summed E-state index contributed by atoms with van der Waals surface area (Å²) >= 11 is 0. The van der Waals surface area contributed by atoms with E-state index in [4.69, 9.17) is 0 Å². The molecule has 1 saturated heterocycles. The van der Waals surface area contributed by atoms with Crippen LogP contribution in [-0.2, 0) is 4.79 Å². The van der Waals surface area contributed by atoms with Crippen LogP contribution in [0.15, 0.2) is 16.9 Å². The maximum absolute atomic E-state index is 11.5. The van der Waals surface area contributed by atoms with E-state index in [0.29, 0.717) is 6.42 Å². The van der Waals surface area contributed by atoms with E-state index in [2.05, 4.69) is 16.4 Å². The summed E-state index contributed by atoms with van der Waals surface area (Å²) < 4.78 is 0. The molecule has 0 spiro atoms. The molecule has 2 aliphatic rings. The highest BCUT2D eigenvalue weighted by Gasteiger charge is 2.25. The molecule has 0 unspecified atom stereocenters. The third-order valence-electron chi connectivity index (χ3n) is 2.60. The molecular weight excluding hydrogens is 178 g/mol. The Morgan fingerprint density at radius 1 is 1.50 bits per heavy atom. The lowest BCUT2D eigenvalue weighted by Crippen LogP contribution is -2.33. The minimum absolute atomic E-state index is 0.223. The molecule has 1 N–H and O–H groups in total. The lowest BCUT2D eigenvalue weighted by Gasteiger charge is -2.21. The molecule has 2 heterocycles. The average molecular weight is 193 g/mol. The first kappa shape index (κ1) is 9.24. The Bertz CT molecular complexity index is 306. The number of likely N-dealkylation sites (tertiary alicyclic amines) is 1. The molecule has 4 heteroatoms. The van der Waals surface area contributed by atoms with Crippen molar-refractivity contribution in [1.82, 2.24) is 10.2 Å². The first-order valence-electron chi connectivity index (χ1n) is 5.07. The van der Waals surface area contributed by atoms with Gasteiger partial charge in [0.05, 0.1) is 0 Å². The number of rotatable bonds is 1. The molecule has 4 nitrogen and oxygen atoms in total. The van der Waals surface area contributed by atoms with Crippen LogP contribution in [0, 0.1) is 0 Å². The molecule has 14 heavy (non-hydrogen) atoms. The molecule has 1 fully saturated rings. The zero-order valence-electron chi connectivity index (χ0n) is 8.42. The third-order valence-corrected chi connectivity index (χ3v) is 2.60. The summed E-state index contributed by atoms with van der Waals surface area (Å²) in [5.74, 6) is 2.03. The summed E-state index contributed by atoms with van der Waals surface area (Å²) in [7, 11) is 1.85. The molecule has 0 aromatic rings.